The molecule has 0 unspecified atom stereocenters. The van der Waals surface area contributed by atoms with Crippen LogP contribution in [-0.4, -0.2) is 46.0 Å². The van der Waals surface area contributed by atoms with Crippen molar-refractivity contribution in [2.45, 2.75) is 12.8 Å². The topological polar surface area (TPSA) is 94.9 Å². The Balaban J connectivity index is 2.54. The Labute approximate surface area is 80.1 Å². The van der Waals surface area contributed by atoms with E-state index in [1.165, 1.54) is 0 Å². The zero-order chi connectivity index (χ0) is 10.7. The summed E-state index contributed by atoms with van der Waals surface area (Å²) in [7, 11) is 0. The minimum absolute atomic E-state index is 0.159. The molecule has 1 aliphatic rings. The van der Waals surface area contributed by atoms with Crippen molar-refractivity contribution in [3.05, 3.63) is 0 Å². The molecule has 2 N–H and O–H groups in total. The molecule has 14 heavy (non-hydrogen) atoms. The summed E-state index contributed by atoms with van der Waals surface area (Å²) in [6.07, 6.45) is 1.46. The highest BCUT2D eigenvalue weighted by Crippen LogP contribution is 2.30. The van der Waals surface area contributed by atoms with Gasteiger partial charge >= 0.3 is 11.9 Å². The predicted octanol–water partition coefficient (Wildman–Crippen LogP) is -0.606. The van der Waals surface area contributed by atoms with Crippen molar-refractivity contribution in [1.29, 1.82) is 0 Å². The molecule has 1 amide bonds. The molecule has 0 saturated heterocycles. The highest BCUT2D eigenvalue weighted by atomic mass is 16.4. The normalized spacial score (nSPS) is 14.9. The van der Waals surface area contributed by atoms with Gasteiger partial charge in [-0.2, -0.15) is 0 Å². The number of carboxylic acids is 2. The van der Waals surface area contributed by atoms with Crippen molar-refractivity contribution in [3.63, 3.8) is 0 Å². The molecule has 0 heterocycles. The van der Waals surface area contributed by atoms with Crippen molar-refractivity contribution in [2.75, 3.05) is 13.1 Å². The molecular weight excluding hydrogens is 190 g/mol. The van der Waals surface area contributed by atoms with Crippen molar-refractivity contribution in [2.24, 2.45) is 5.92 Å². The molecule has 78 valence electrons. The number of carbonyl (C=O) groups excluding carboxylic acids is 1. The molecule has 1 aliphatic carbocycles. The second-order valence-electron chi connectivity index (χ2n) is 3.26. The van der Waals surface area contributed by atoms with Gasteiger partial charge in [0.15, 0.2) is 0 Å². The number of amides is 1. The summed E-state index contributed by atoms with van der Waals surface area (Å²) < 4.78 is 0. The molecule has 0 atom stereocenters. The van der Waals surface area contributed by atoms with Crippen LogP contribution >= 0.6 is 0 Å². The van der Waals surface area contributed by atoms with E-state index in [1.807, 2.05) is 0 Å². The molecule has 0 aromatic rings. The van der Waals surface area contributed by atoms with Crippen LogP contribution in [0.1, 0.15) is 12.8 Å². The Bertz CT molecular complexity index is 255. The molecule has 0 bridgehead atoms. The maximum Gasteiger partial charge on any atom is 0.323 e. The first-order valence-electron chi connectivity index (χ1n) is 4.23. The fraction of sp³-hybridized carbons (Fsp3) is 0.625. The van der Waals surface area contributed by atoms with Crippen LogP contribution in [0.3, 0.4) is 0 Å². The molecule has 1 fully saturated rings. The zero-order valence-corrected chi connectivity index (χ0v) is 7.47. The van der Waals surface area contributed by atoms with E-state index in [0.717, 1.165) is 17.7 Å². The van der Waals surface area contributed by atoms with E-state index >= 15 is 0 Å². The number of hydrogen-bond acceptors (Lipinski definition) is 3. The zero-order valence-electron chi connectivity index (χ0n) is 7.47. The highest BCUT2D eigenvalue weighted by Gasteiger charge is 2.34. The first-order valence-corrected chi connectivity index (χ1v) is 4.23. The Hall–Kier alpha value is -1.59. The lowest BCUT2D eigenvalue weighted by molar-refractivity contribution is -0.149. The third-order valence-corrected chi connectivity index (χ3v) is 1.89. The number of rotatable bonds is 5. The maximum absolute atomic E-state index is 11.4. The van der Waals surface area contributed by atoms with Crippen LogP contribution in [0.4, 0.5) is 0 Å². The van der Waals surface area contributed by atoms with Gasteiger partial charge in [-0.25, -0.2) is 0 Å². The first kappa shape index (κ1) is 10.5. The van der Waals surface area contributed by atoms with Gasteiger partial charge in [0.1, 0.15) is 13.1 Å². The summed E-state index contributed by atoms with van der Waals surface area (Å²) in [5.41, 5.74) is 0. The van der Waals surface area contributed by atoms with Crippen LogP contribution < -0.4 is 0 Å². The molecule has 0 radical (unpaired) electrons. The van der Waals surface area contributed by atoms with E-state index in [-0.39, 0.29) is 11.8 Å². The Morgan fingerprint density at radius 2 is 1.50 bits per heavy atom. The fourth-order valence-corrected chi connectivity index (χ4v) is 1.13. The number of carboxylic acid groups (broad SMARTS) is 2. The molecule has 0 aromatic carbocycles. The van der Waals surface area contributed by atoms with Crippen LogP contribution in [-0.2, 0) is 14.4 Å². The van der Waals surface area contributed by atoms with Crippen LogP contribution in [0.2, 0.25) is 0 Å². The van der Waals surface area contributed by atoms with Gasteiger partial charge in [-0.3, -0.25) is 14.4 Å². The van der Waals surface area contributed by atoms with E-state index < -0.39 is 25.0 Å². The lowest BCUT2D eigenvalue weighted by atomic mass is 10.3. The van der Waals surface area contributed by atoms with E-state index in [9.17, 15) is 14.4 Å². The van der Waals surface area contributed by atoms with Crippen molar-refractivity contribution < 1.29 is 24.6 Å². The molecule has 6 heteroatoms. The Morgan fingerprint density at radius 1 is 1.07 bits per heavy atom. The van der Waals surface area contributed by atoms with Crippen LogP contribution in [0.15, 0.2) is 0 Å². The third kappa shape index (κ3) is 3.04. The summed E-state index contributed by atoms with van der Waals surface area (Å²) in [5.74, 6) is -2.91. The molecule has 6 nitrogen and oxygen atoms in total. The van der Waals surface area contributed by atoms with E-state index in [2.05, 4.69) is 0 Å². The first-order chi connectivity index (χ1) is 6.50. The van der Waals surface area contributed by atoms with E-state index in [4.69, 9.17) is 10.2 Å². The SMILES string of the molecule is O=C(O)CN(CC(=O)O)C(=O)C1CC1. The van der Waals surface area contributed by atoms with Gasteiger partial charge in [0.2, 0.25) is 5.91 Å². The predicted molar refractivity (Wildman–Crippen MR) is 44.6 cm³/mol. The van der Waals surface area contributed by atoms with Gasteiger partial charge in [-0.15, -0.1) is 0 Å². The summed E-state index contributed by atoms with van der Waals surface area (Å²) in [6.45, 7) is -1.08. The number of carbonyl (C=O) groups is 3. The molecule has 0 aliphatic heterocycles. The summed E-state index contributed by atoms with van der Waals surface area (Å²) in [5, 5.41) is 16.9. The maximum atomic E-state index is 11.4. The quantitative estimate of drug-likeness (QED) is 0.619. The van der Waals surface area contributed by atoms with Crippen LogP contribution in [0.5, 0.6) is 0 Å². The molecule has 0 spiro atoms. The van der Waals surface area contributed by atoms with Crippen LogP contribution in [0.25, 0.3) is 0 Å². The third-order valence-electron chi connectivity index (χ3n) is 1.89. The van der Waals surface area contributed by atoms with Crippen molar-refractivity contribution >= 4 is 17.8 Å². The second-order valence-corrected chi connectivity index (χ2v) is 3.26. The van der Waals surface area contributed by atoms with Crippen molar-refractivity contribution in [3.8, 4) is 0 Å². The van der Waals surface area contributed by atoms with Gasteiger partial charge in [-0.05, 0) is 12.8 Å². The monoisotopic (exact) mass is 201 g/mol. The fourth-order valence-electron chi connectivity index (χ4n) is 1.13. The van der Waals surface area contributed by atoms with Gasteiger partial charge in [-0.1, -0.05) is 0 Å². The second kappa shape index (κ2) is 4.08. The van der Waals surface area contributed by atoms with Gasteiger partial charge in [0.05, 0.1) is 0 Å². The van der Waals surface area contributed by atoms with Gasteiger partial charge < -0.3 is 15.1 Å². The lowest BCUT2D eigenvalue weighted by Crippen LogP contribution is -2.40. The average molecular weight is 201 g/mol. The number of aliphatic carboxylic acids is 2. The summed E-state index contributed by atoms with van der Waals surface area (Å²) in [4.78, 5) is 32.9. The van der Waals surface area contributed by atoms with E-state index in [1.54, 1.807) is 0 Å². The van der Waals surface area contributed by atoms with Gasteiger partial charge in [0, 0.05) is 5.92 Å². The Morgan fingerprint density at radius 3 is 1.79 bits per heavy atom. The molecular formula is C8H11NO5. The summed E-state index contributed by atoms with van der Waals surface area (Å²) in [6, 6.07) is 0. The van der Waals surface area contributed by atoms with E-state index in [0.29, 0.717) is 0 Å². The lowest BCUT2D eigenvalue weighted by Gasteiger charge is -2.17. The number of hydrogen-bond donors (Lipinski definition) is 2. The Kier molecular flexibility index (Phi) is 3.06. The number of nitrogens with zero attached hydrogens (tertiary/aromatic N) is 1. The minimum atomic E-state index is -1.19. The molecule has 1 saturated carbocycles. The largest absolute Gasteiger partial charge is 0.480 e. The van der Waals surface area contributed by atoms with Crippen molar-refractivity contribution in [1.82, 2.24) is 4.90 Å². The molecule has 1 rings (SSSR count). The van der Waals surface area contributed by atoms with Gasteiger partial charge in [0.25, 0.3) is 0 Å². The minimum Gasteiger partial charge on any atom is -0.480 e. The van der Waals surface area contributed by atoms with Crippen LogP contribution in [0, 0.1) is 5.92 Å². The average Bonchev–Trinajstić information content (AvgIpc) is 2.82. The standard InChI is InChI=1S/C8H11NO5/c10-6(11)3-9(4-7(12)13)8(14)5-1-2-5/h5H,1-4H2,(H,10,11)(H,12,13). The molecule has 0 aromatic heterocycles. The smallest absolute Gasteiger partial charge is 0.323 e. The summed E-state index contributed by atoms with van der Waals surface area (Å²) >= 11 is 0. The highest BCUT2D eigenvalue weighted by molar-refractivity contribution is 5.87.